The van der Waals surface area contributed by atoms with E-state index in [1.54, 1.807) is 6.92 Å². The minimum atomic E-state index is -4.49. The van der Waals surface area contributed by atoms with Crippen molar-refractivity contribution in [2.75, 3.05) is 18.5 Å². The van der Waals surface area contributed by atoms with Gasteiger partial charge in [0.05, 0.1) is 11.3 Å². The molecule has 1 rings (SSSR count). The molecule has 0 aliphatic carbocycles. The zero-order valence-electron chi connectivity index (χ0n) is 9.18. The molecule has 1 aromatic rings. The summed E-state index contributed by atoms with van der Waals surface area (Å²) in [5, 5.41) is 11.3. The number of aliphatic hydroxyl groups excluding tert-OH is 1. The van der Waals surface area contributed by atoms with Crippen molar-refractivity contribution in [2.45, 2.75) is 13.1 Å². The van der Waals surface area contributed by atoms with Crippen molar-refractivity contribution >= 4 is 5.69 Å². The molecule has 0 fully saturated rings. The van der Waals surface area contributed by atoms with Crippen molar-refractivity contribution in [3.05, 3.63) is 29.6 Å². The lowest BCUT2D eigenvalue weighted by molar-refractivity contribution is -0.137. The van der Waals surface area contributed by atoms with Gasteiger partial charge in [-0.25, -0.2) is 4.39 Å². The molecule has 1 aromatic carbocycles. The van der Waals surface area contributed by atoms with Crippen LogP contribution in [0, 0.1) is 11.7 Å². The first kappa shape index (κ1) is 13.8. The van der Waals surface area contributed by atoms with Crippen LogP contribution in [0.1, 0.15) is 12.5 Å². The number of hydrogen-bond donors (Lipinski definition) is 2. The molecule has 0 saturated carbocycles. The van der Waals surface area contributed by atoms with E-state index in [-0.39, 0.29) is 24.8 Å². The zero-order chi connectivity index (χ0) is 13.1. The summed E-state index contributed by atoms with van der Waals surface area (Å²) in [5.74, 6) is -0.910. The molecular formula is C11H13F4NO. The van der Waals surface area contributed by atoms with Crippen molar-refractivity contribution in [1.82, 2.24) is 0 Å². The molecule has 1 unspecified atom stereocenters. The van der Waals surface area contributed by atoms with Gasteiger partial charge in [-0.05, 0) is 24.1 Å². The zero-order valence-corrected chi connectivity index (χ0v) is 9.18. The second-order valence-electron chi connectivity index (χ2n) is 3.86. The van der Waals surface area contributed by atoms with Gasteiger partial charge in [0.2, 0.25) is 0 Å². The molecule has 2 N–H and O–H groups in total. The molecule has 0 bridgehead atoms. The number of alkyl halides is 3. The smallest absolute Gasteiger partial charge is 0.396 e. The van der Waals surface area contributed by atoms with Crippen LogP contribution < -0.4 is 5.32 Å². The lowest BCUT2D eigenvalue weighted by Crippen LogP contribution is -2.16. The Morgan fingerprint density at radius 1 is 1.35 bits per heavy atom. The van der Waals surface area contributed by atoms with Gasteiger partial charge in [-0.2, -0.15) is 13.2 Å². The number of hydrogen-bond acceptors (Lipinski definition) is 2. The fourth-order valence-electron chi connectivity index (χ4n) is 1.19. The highest BCUT2D eigenvalue weighted by atomic mass is 19.4. The predicted molar refractivity (Wildman–Crippen MR) is 56.1 cm³/mol. The molecule has 0 aromatic heterocycles. The first-order valence-electron chi connectivity index (χ1n) is 5.06. The molecule has 6 heteroatoms. The minimum Gasteiger partial charge on any atom is -0.396 e. The lowest BCUT2D eigenvalue weighted by Gasteiger charge is -2.13. The van der Waals surface area contributed by atoms with Gasteiger partial charge in [0, 0.05) is 13.2 Å². The SMILES string of the molecule is CC(CO)CNc1cc(C(F)(F)F)ccc1F. The molecule has 0 spiro atoms. The van der Waals surface area contributed by atoms with Crippen molar-refractivity contribution in [1.29, 1.82) is 0 Å². The van der Waals surface area contributed by atoms with Crippen LogP contribution in [0.5, 0.6) is 0 Å². The number of nitrogens with one attached hydrogen (secondary N) is 1. The highest BCUT2D eigenvalue weighted by molar-refractivity contribution is 5.48. The van der Waals surface area contributed by atoms with Gasteiger partial charge in [0.1, 0.15) is 5.82 Å². The number of halogens is 4. The molecule has 0 aliphatic rings. The van der Waals surface area contributed by atoms with Crippen LogP contribution in [0.15, 0.2) is 18.2 Å². The fraction of sp³-hybridized carbons (Fsp3) is 0.455. The normalized spacial score (nSPS) is 13.5. The summed E-state index contributed by atoms with van der Waals surface area (Å²) in [7, 11) is 0. The molecule has 0 amide bonds. The van der Waals surface area contributed by atoms with E-state index in [9.17, 15) is 17.6 Å². The summed E-state index contributed by atoms with van der Waals surface area (Å²) < 4.78 is 50.3. The Bertz CT molecular complexity index is 378. The number of aliphatic hydroxyl groups is 1. The van der Waals surface area contributed by atoms with Gasteiger partial charge in [-0.15, -0.1) is 0 Å². The standard InChI is InChI=1S/C11H13F4NO/c1-7(6-17)5-16-10-4-8(11(13,14)15)2-3-9(10)12/h2-4,7,16-17H,5-6H2,1H3. The van der Waals surface area contributed by atoms with E-state index >= 15 is 0 Å². The average Bonchev–Trinajstić information content (AvgIpc) is 2.26. The van der Waals surface area contributed by atoms with Gasteiger partial charge < -0.3 is 10.4 Å². The lowest BCUT2D eigenvalue weighted by atomic mass is 10.1. The first-order chi connectivity index (χ1) is 7.84. The molecule has 2 nitrogen and oxygen atoms in total. The molecule has 0 saturated heterocycles. The third kappa shape index (κ3) is 3.89. The fourth-order valence-corrected chi connectivity index (χ4v) is 1.19. The first-order valence-corrected chi connectivity index (χ1v) is 5.06. The molecular weight excluding hydrogens is 238 g/mol. The maximum absolute atomic E-state index is 13.2. The minimum absolute atomic E-state index is 0.117. The summed E-state index contributed by atoms with van der Waals surface area (Å²) in [6.45, 7) is 1.78. The summed E-state index contributed by atoms with van der Waals surface area (Å²) in [5.41, 5.74) is -1.11. The molecule has 0 aliphatic heterocycles. The molecule has 0 heterocycles. The monoisotopic (exact) mass is 251 g/mol. The summed E-state index contributed by atoms with van der Waals surface area (Å²) in [6.07, 6.45) is -4.49. The van der Waals surface area contributed by atoms with E-state index in [0.717, 1.165) is 12.1 Å². The Labute approximate surface area is 96.3 Å². The molecule has 0 radical (unpaired) electrons. The Morgan fingerprint density at radius 3 is 2.53 bits per heavy atom. The maximum Gasteiger partial charge on any atom is 0.416 e. The van der Waals surface area contributed by atoms with Gasteiger partial charge >= 0.3 is 6.18 Å². The van der Waals surface area contributed by atoms with Crippen LogP contribution in [-0.2, 0) is 6.18 Å². The quantitative estimate of drug-likeness (QED) is 0.806. The highest BCUT2D eigenvalue weighted by Gasteiger charge is 2.31. The van der Waals surface area contributed by atoms with Crippen LogP contribution in [0.3, 0.4) is 0 Å². The molecule has 17 heavy (non-hydrogen) atoms. The third-order valence-electron chi connectivity index (χ3n) is 2.25. The van der Waals surface area contributed by atoms with Crippen molar-refractivity contribution in [2.24, 2.45) is 5.92 Å². The molecule has 96 valence electrons. The Kier molecular flexibility index (Phi) is 4.34. The predicted octanol–water partition coefficient (Wildman–Crippen LogP) is 2.88. The largest absolute Gasteiger partial charge is 0.416 e. The number of anilines is 1. The second-order valence-corrected chi connectivity index (χ2v) is 3.86. The van der Waals surface area contributed by atoms with Crippen LogP contribution in [0.25, 0.3) is 0 Å². The van der Waals surface area contributed by atoms with Crippen LogP contribution in [-0.4, -0.2) is 18.3 Å². The second kappa shape index (κ2) is 5.35. The third-order valence-corrected chi connectivity index (χ3v) is 2.25. The Morgan fingerprint density at radius 2 is 2.00 bits per heavy atom. The Balaban J connectivity index is 2.84. The Hall–Kier alpha value is -1.30. The summed E-state index contributed by atoms with van der Waals surface area (Å²) >= 11 is 0. The van der Waals surface area contributed by atoms with Gasteiger partial charge in [0.25, 0.3) is 0 Å². The van der Waals surface area contributed by atoms with Crippen LogP contribution in [0.2, 0.25) is 0 Å². The van der Waals surface area contributed by atoms with Gasteiger partial charge in [-0.1, -0.05) is 6.92 Å². The van der Waals surface area contributed by atoms with Gasteiger partial charge in [0.15, 0.2) is 0 Å². The van der Waals surface area contributed by atoms with E-state index in [0.29, 0.717) is 6.07 Å². The van der Waals surface area contributed by atoms with Crippen molar-refractivity contribution < 1.29 is 22.7 Å². The van der Waals surface area contributed by atoms with E-state index in [1.807, 2.05) is 0 Å². The van der Waals surface area contributed by atoms with Crippen molar-refractivity contribution in [3.63, 3.8) is 0 Å². The van der Waals surface area contributed by atoms with Crippen LogP contribution >= 0.6 is 0 Å². The van der Waals surface area contributed by atoms with Crippen molar-refractivity contribution in [3.8, 4) is 0 Å². The average molecular weight is 251 g/mol. The van der Waals surface area contributed by atoms with E-state index in [1.165, 1.54) is 0 Å². The topological polar surface area (TPSA) is 32.3 Å². The highest BCUT2D eigenvalue weighted by Crippen LogP contribution is 2.31. The molecule has 1 atom stereocenters. The van der Waals surface area contributed by atoms with Gasteiger partial charge in [-0.3, -0.25) is 0 Å². The van der Waals surface area contributed by atoms with E-state index < -0.39 is 17.6 Å². The summed E-state index contributed by atoms with van der Waals surface area (Å²) in [4.78, 5) is 0. The summed E-state index contributed by atoms with van der Waals surface area (Å²) in [6, 6.07) is 2.18. The number of benzene rings is 1. The maximum atomic E-state index is 13.2. The van der Waals surface area contributed by atoms with E-state index in [4.69, 9.17) is 5.11 Å². The number of rotatable bonds is 4. The van der Waals surface area contributed by atoms with Crippen LogP contribution in [0.4, 0.5) is 23.2 Å². The van der Waals surface area contributed by atoms with E-state index in [2.05, 4.69) is 5.32 Å².